The second-order valence-electron chi connectivity index (χ2n) is 5.36. The number of para-hydroxylation sites is 1. The lowest BCUT2D eigenvalue weighted by molar-refractivity contribution is 0.208. The first kappa shape index (κ1) is 11.5. The Morgan fingerprint density at radius 2 is 1.94 bits per heavy atom. The summed E-state index contributed by atoms with van der Waals surface area (Å²) in [5.74, 6) is 0. The summed E-state index contributed by atoms with van der Waals surface area (Å²) < 4.78 is 0. The van der Waals surface area contributed by atoms with Gasteiger partial charge in [-0.1, -0.05) is 32.0 Å². The van der Waals surface area contributed by atoms with Crippen LogP contribution in [0.3, 0.4) is 0 Å². The molecule has 1 aromatic rings. The van der Waals surface area contributed by atoms with E-state index in [1.165, 1.54) is 12.1 Å². The molecule has 88 valence electrons. The number of hydrogen-bond donors (Lipinski definition) is 1. The van der Waals surface area contributed by atoms with E-state index in [0.29, 0.717) is 11.5 Å². The van der Waals surface area contributed by atoms with Gasteiger partial charge < -0.3 is 10.2 Å². The van der Waals surface area contributed by atoms with Crippen molar-refractivity contribution in [2.24, 2.45) is 5.41 Å². The van der Waals surface area contributed by atoms with Gasteiger partial charge in [0.25, 0.3) is 0 Å². The largest absolute Gasteiger partial charge is 0.370 e. The smallest absolute Gasteiger partial charge is 0.0366 e. The molecule has 0 saturated carbocycles. The minimum atomic E-state index is 0.403. The van der Waals surface area contributed by atoms with Crippen molar-refractivity contribution in [3.8, 4) is 0 Å². The molecule has 0 bridgehead atoms. The van der Waals surface area contributed by atoms with Gasteiger partial charge in [-0.25, -0.2) is 0 Å². The van der Waals surface area contributed by atoms with Crippen molar-refractivity contribution in [2.45, 2.75) is 26.3 Å². The summed E-state index contributed by atoms with van der Waals surface area (Å²) in [4.78, 5) is 2.48. The van der Waals surface area contributed by atoms with Crippen LogP contribution in [-0.4, -0.2) is 26.2 Å². The molecule has 2 heteroatoms. The van der Waals surface area contributed by atoms with E-state index in [-0.39, 0.29) is 0 Å². The molecule has 1 aromatic carbocycles. The van der Waals surface area contributed by atoms with Crippen molar-refractivity contribution in [2.75, 3.05) is 25.0 Å². The van der Waals surface area contributed by atoms with Gasteiger partial charge in [0.05, 0.1) is 0 Å². The van der Waals surface area contributed by atoms with Gasteiger partial charge in [0.1, 0.15) is 0 Å². The first-order valence-corrected chi connectivity index (χ1v) is 6.11. The van der Waals surface area contributed by atoms with Gasteiger partial charge in [0, 0.05) is 24.8 Å². The van der Waals surface area contributed by atoms with Crippen LogP contribution in [0.2, 0.25) is 0 Å². The van der Waals surface area contributed by atoms with Crippen molar-refractivity contribution < 1.29 is 0 Å². The number of nitrogens with zero attached hydrogens (tertiary/aromatic N) is 1. The van der Waals surface area contributed by atoms with E-state index in [4.69, 9.17) is 0 Å². The maximum atomic E-state index is 3.45. The lowest BCUT2D eigenvalue weighted by atomic mass is 9.78. The van der Waals surface area contributed by atoms with Gasteiger partial charge >= 0.3 is 0 Å². The van der Waals surface area contributed by atoms with Crippen LogP contribution in [0, 0.1) is 5.41 Å². The summed E-state index contributed by atoms with van der Waals surface area (Å²) in [6.45, 7) is 6.98. The molecule has 1 aliphatic rings. The van der Waals surface area contributed by atoms with Gasteiger partial charge in [0.2, 0.25) is 0 Å². The molecule has 16 heavy (non-hydrogen) atoms. The van der Waals surface area contributed by atoms with E-state index in [1.54, 1.807) is 0 Å². The Morgan fingerprint density at radius 3 is 2.56 bits per heavy atom. The van der Waals surface area contributed by atoms with Crippen molar-refractivity contribution in [3.63, 3.8) is 0 Å². The van der Waals surface area contributed by atoms with Crippen molar-refractivity contribution >= 4 is 5.69 Å². The zero-order chi connectivity index (χ0) is 11.6. The second-order valence-corrected chi connectivity index (χ2v) is 5.36. The van der Waals surface area contributed by atoms with Crippen LogP contribution in [0.1, 0.15) is 20.3 Å². The van der Waals surface area contributed by atoms with Crippen LogP contribution in [0.4, 0.5) is 5.69 Å². The Balaban J connectivity index is 2.11. The average Bonchev–Trinajstić information content (AvgIpc) is 2.30. The van der Waals surface area contributed by atoms with E-state index >= 15 is 0 Å². The third kappa shape index (κ3) is 2.22. The molecular formula is C14H22N2. The molecule has 2 nitrogen and oxygen atoms in total. The Labute approximate surface area is 98.7 Å². The number of piperidine rings is 1. The monoisotopic (exact) mass is 218 g/mol. The number of rotatable bonds is 2. The Kier molecular flexibility index (Phi) is 3.20. The quantitative estimate of drug-likeness (QED) is 0.820. The van der Waals surface area contributed by atoms with Crippen LogP contribution in [0.25, 0.3) is 0 Å². The summed E-state index contributed by atoms with van der Waals surface area (Å²) >= 11 is 0. The molecule has 1 atom stereocenters. The molecule has 0 aliphatic carbocycles. The number of benzene rings is 1. The van der Waals surface area contributed by atoms with Crippen molar-refractivity contribution in [1.29, 1.82) is 0 Å². The van der Waals surface area contributed by atoms with E-state index in [1.807, 2.05) is 0 Å². The van der Waals surface area contributed by atoms with Gasteiger partial charge in [-0.2, -0.15) is 0 Å². The summed E-state index contributed by atoms with van der Waals surface area (Å²) in [5.41, 5.74) is 1.75. The fraction of sp³-hybridized carbons (Fsp3) is 0.571. The highest BCUT2D eigenvalue weighted by Gasteiger charge is 2.34. The number of likely N-dealkylation sites (N-methyl/N-ethyl adjacent to an activating group) is 1. The zero-order valence-corrected chi connectivity index (χ0v) is 10.5. The Hall–Kier alpha value is -1.02. The predicted molar refractivity (Wildman–Crippen MR) is 69.9 cm³/mol. The maximum absolute atomic E-state index is 3.45. The van der Waals surface area contributed by atoms with Crippen molar-refractivity contribution in [3.05, 3.63) is 30.3 Å². The highest BCUT2D eigenvalue weighted by Crippen LogP contribution is 2.32. The molecule has 0 spiro atoms. The fourth-order valence-corrected chi connectivity index (χ4v) is 2.51. The minimum absolute atomic E-state index is 0.403. The molecule has 0 aromatic heterocycles. The maximum Gasteiger partial charge on any atom is 0.0366 e. The van der Waals surface area contributed by atoms with Crippen LogP contribution < -0.4 is 10.2 Å². The highest BCUT2D eigenvalue weighted by atomic mass is 15.2. The molecule has 0 radical (unpaired) electrons. The van der Waals surface area contributed by atoms with E-state index in [0.717, 1.165) is 13.1 Å². The van der Waals surface area contributed by atoms with Gasteiger partial charge in [-0.15, -0.1) is 0 Å². The number of hydrogen-bond acceptors (Lipinski definition) is 2. The topological polar surface area (TPSA) is 15.3 Å². The Morgan fingerprint density at radius 1 is 1.25 bits per heavy atom. The summed E-state index contributed by atoms with van der Waals surface area (Å²) in [6.07, 6.45) is 1.24. The summed E-state index contributed by atoms with van der Waals surface area (Å²) in [5, 5.41) is 3.45. The standard InChI is InChI=1S/C14H22N2/c1-14(2)9-10-16(11-13(14)15-3)12-7-5-4-6-8-12/h4-8,13,15H,9-11H2,1-3H3. The third-order valence-electron chi connectivity index (χ3n) is 3.84. The molecule has 1 aliphatic heterocycles. The second kappa shape index (κ2) is 4.46. The van der Waals surface area contributed by atoms with E-state index in [9.17, 15) is 0 Å². The highest BCUT2D eigenvalue weighted by molar-refractivity contribution is 5.46. The Bertz CT molecular complexity index is 332. The minimum Gasteiger partial charge on any atom is -0.370 e. The summed E-state index contributed by atoms with van der Waals surface area (Å²) in [6, 6.07) is 11.3. The normalized spacial score (nSPS) is 24.4. The lowest BCUT2D eigenvalue weighted by Crippen LogP contribution is -2.54. The molecule has 2 rings (SSSR count). The molecule has 0 amide bonds. The predicted octanol–water partition coefficient (Wildman–Crippen LogP) is 2.51. The van der Waals surface area contributed by atoms with Crippen LogP contribution in [0.15, 0.2) is 30.3 Å². The van der Waals surface area contributed by atoms with Crippen LogP contribution >= 0.6 is 0 Å². The molecule has 1 unspecified atom stereocenters. The van der Waals surface area contributed by atoms with Gasteiger partial charge in [-0.3, -0.25) is 0 Å². The first-order valence-electron chi connectivity index (χ1n) is 6.11. The van der Waals surface area contributed by atoms with E-state index in [2.05, 4.69) is 61.4 Å². The first-order chi connectivity index (χ1) is 7.63. The lowest BCUT2D eigenvalue weighted by Gasteiger charge is -2.44. The zero-order valence-electron chi connectivity index (χ0n) is 10.5. The van der Waals surface area contributed by atoms with Gasteiger partial charge in [-0.05, 0) is 31.0 Å². The number of nitrogens with one attached hydrogen (secondary N) is 1. The fourth-order valence-electron chi connectivity index (χ4n) is 2.51. The molecule has 1 heterocycles. The van der Waals surface area contributed by atoms with Crippen LogP contribution in [-0.2, 0) is 0 Å². The van der Waals surface area contributed by atoms with Crippen LogP contribution in [0.5, 0.6) is 0 Å². The molecule has 1 fully saturated rings. The molecule has 1 saturated heterocycles. The molecular weight excluding hydrogens is 196 g/mol. The third-order valence-corrected chi connectivity index (χ3v) is 3.84. The summed E-state index contributed by atoms with van der Waals surface area (Å²) in [7, 11) is 2.07. The average molecular weight is 218 g/mol. The SMILES string of the molecule is CNC1CN(c2ccccc2)CCC1(C)C. The molecule has 1 N–H and O–H groups in total. The number of anilines is 1. The van der Waals surface area contributed by atoms with E-state index < -0.39 is 0 Å². The van der Waals surface area contributed by atoms with Crippen molar-refractivity contribution in [1.82, 2.24) is 5.32 Å². The van der Waals surface area contributed by atoms with Gasteiger partial charge in [0.15, 0.2) is 0 Å².